The molecule has 2 aliphatic rings. The van der Waals surface area contributed by atoms with Crippen molar-refractivity contribution in [1.29, 1.82) is 0 Å². The first-order chi connectivity index (χ1) is 10.6. The lowest BCUT2D eigenvalue weighted by molar-refractivity contribution is 0.0927. The summed E-state index contributed by atoms with van der Waals surface area (Å²) in [6, 6.07) is 5.64. The lowest BCUT2D eigenvalue weighted by Gasteiger charge is -2.39. The van der Waals surface area contributed by atoms with Gasteiger partial charge in [-0.2, -0.15) is 0 Å². The fraction of sp³-hybridized carbons (Fsp3) is 0.588. The van der Waals surface area contributed by atoms with Gasteiger partial charge >= 0.3 is 0 Å². The predicted molar refractivity (Wildman–Crippen MR) is 84.6 cm³/mol. The molecule has 5 heteroatoms. The van der Waals surface area contributed by atoms with Crippen molar-refractivity contribution >= 4 is 5.91 Å². The van der Waals surface area contributed by atoms with Crippen LogP contribution < -0.4 is 20.1 Å². The number of hydrogen-bond donors (Lipinski definition) is 2. The molecule has 0 radical (unpaired) electrons. The Morgan fingerprint density at radius 3 is 2.86 bits per heavy atom. The summed E-state index contributed by atoms with van der Waals surface area (Å²) >= 11 is 0. The van der Waals surface area contributed by atoms with E-state index in [0.717, 1.165) is 6.54 Å². The number of carbonyl (C=O) groups is 1. The maximum absolute atomic E-state index is 12.3. The van der Waals surface area contributed by atoms with E-state index in [1.165, 1.54) is 12.8 Å². The summed E-state index contributed by atoms with van der Waals surface area (Å²) < 4.78 is 11.0. The van der Waals surface area contributed by atoms with E-state index in [1.807, 2.05) is 0 Å². The van der Waals surface area contributed by atoms with E-state index in [0.29, 0.717) is 42.9 Å². The van der Waals surface area contributed by atoms with Gasteiger partial charge in [-0.15, -0.1) is 0 Å². The molecule has 0 bridgehead atoms. The molecule has 1 fully saturated rings. The zero-order valence-electron chi connectivity index (χ0n) is 13.3. The van der Waals surface area contributed by atoms with E-state index < -0.39 is 0 Å². The van der Waals surface area contributed by atoms with Gasteiger partial charge in [-0.1, -0.05) is 13.8 Å². The summed E-state index contributed by atoms with van der Waals surface area (Å²) in [6.07, 6.45) is 2.38. The molecule has 1 saturated heterocycles. The zero-order valence-corrected chi connectivity index (χ0v) is 13.3. The molecule has 5 nitrogen and oxygen atoms in total. The van der Waals surface area contributed by atoms with Crippen molar-refractivity contribution in [3.05, 3.63) is 23.8 Å². The van der Waals surface area contributed by atoms with Crippen LogP contribution in [-0.2, 0) is 0 Å². The van der Waals surface area contributed by atoms with Crippen molar-refractivity contribution in [3.63, 3.8) is 0 Å². The average Bonchev–Trinajstić information content (AvgIpc) is 2.52. The number of amides is 1. The molecular weight excluding hydrogens is 280 g/mol. The molecule has 2 N–H and O–H groups in total. The van der Waals surface area contributed by atoms with Crippen LogP contribution in [0, 0.1) is 5.41 Å². The molecule has 3 rings (SSSR count). The van der Waals surface area contributed by atoms with Crippen LogP contribution in [-0.4, -0.2) is 38.3 Å². The van der Waals surface area contributed by atoms with Gasteiger partial charge in [0.25, 0.3) is 5.91 Å². The molecule has 120 valence electrons. The van der Waals surface area contributed by atoms with Crippen LogP contribution in [0.3, 0.4) is 0 Å². The number of rotatable bonds is 3. The van der Waals surface area contributed by atoms with Gasteiger partial charge < -0.3 is 20.1 Å². The highest BCUT2D eigenvalue weighted by molar-refractivity contribution is 5.94. The third-order valence-corrected chi connectivity index (χ3v) is 4.60. The summed E-state index contributed by atoms with van der Waals surface area (Å²) in [4.78, 5) is 12.3. The first-order valence-corrected chi connectivity index (χ1v) is 7.97. The lowest BCUT2D eigenvalue weighted by atomic mass is 9.77. The highest BCUT2D eigenvalue weighted by Gasteiger charge is 2.32. The fourth-order valence-corrected chi connectivity index (χ4v) is 3.10. The number of carbonyl (C=O) groups excluding carboxylic acids is 1. The number of hydrogen-bond acceptors (Lipinski definition) is 4. The summed E-state index contributed by atoms with van der Waals surface area (Å²) in [6.45, 7) is 7.24. The van der Waals surface area contributed by atoms with E-state index >= 15 is 0 Å². The summed E-state index contributed by atoms with van der Waals surface area (Å²) in [5.41, 5.74) is 0.816. The second kappa shape index (κ2) is 6.16. The van der Waals surface area contributed by atoms with Gasteiger partial charge in [0.2, 0.25) is 0 Å². The Bertz CT molecular complexity index is 557. The number of ether oxygens (including phenoxy) is 2. The lowest BCUT2D eigenvalue weighted by Crippen LogP contribution is -2.52. The van der Waals surface area contributed by atoms with Crippen molar-refractivity contribution in [2.75, 3.05) is 26.3 Å². The Morgan fingerprint density at radius 1 is 1.32 bits per heavy atom. The van der Waals surface area contributed by atoms with E-state index in [2.05, 4.69) is 24.5 Å². The van der Waals surface area contributed by atoms with Gasteiger partial charge in [0.1, 0.15) is 13.2 Å². The molecule has 2 aliphatic heterocycles. The van der Waals surface area contributed by atoms with Crippen molar-refractivity contribution in [2.45, 2.75) is 32.7 Å². The van der Waals surface area contributed by atoms with Gasteiger partial charge in [-0.3, -0.25) is 4.79 Å². The minimum absolute atomic E-state index is 0.0693. The van der Waals surface area contributed by atoms with Gasteiger partial charge in [0, 0.05) is 18.2 Å². The van der Waals surface area contributed by atoms with Crippen LogP contribution in [0.1, 0.15) is 37.0 Å². The van der Waals surface area contributed by atoms with Gasteiger partial charge in [-0.05, 0) is 43.0 Å². The van der Waals surface area contributed by atoms with Crippen LogP contribution in [0.25, 0.3) is 0 Å². The molecule has 2 heterocycles. The van der Waals surface area contributed by atoms with Crippen LogP contribution in [0.5, 0.6) is 11.5 Å². The average molecular weight is 304 g/mol. The number of fused-ring (bicyclic) bond motifs is 1. The van der Waals surface area contributed by atoms with Crippen LogP contribution in [0.2, 0.25) is 0 Å². The second-order valence-corrected chi connectivity index (χ2v) is 6.67. The molecule has 0 aromatic heterocycles. The standard InChI is InChI=1S/C17H24N2O3/c1-17(2)6-3-7-18-15(17)11-19-16(20)12-4-5-13-14(10-12)22-9-8-21-13/h4-5,10,15,18H,3,6-9,11H2,1-2H3,(H,19,20). The largest absolute Gasteiger partial charge is 0.486 e. The first-order valence-electron chi connectivity index (χ1n) is 7.97. The number of piperidine rings is 1. The maximum atomic E-state index is 12.3. The molecule has 0 aliphatic carbocycles. The van der Waals surface area contributed by atoms with Gasteiger partial charge in [0.15, 0.2) is 11.5 Å². The third-order valence-electron chi connectivity index (χ3n) is 4.60. The topological polar surface area (TPSA) is 59.6 Å². The van der Waals surface area contributed by atoms with E-state index in [4.69, 9.17) is 9.47 Å². The van der Waals surface area contributed by atoms with Gasteiger partial charge in [-0.25, -0.2) is 0 Å². The van der Waals surface area contributed by atoms with Crippen molar-refractivity contribution < 1.29 is 14.3 Å². The van der Waals surface area contributed by atoms with E-state index in [9.17, 15) is 4.79 Å². The SMILES string of the molecule is CC1(C)CCCNC1CNC(=O)c1ccc2c(c1)OCCO2. The Labute approximate surface area is 131 Å². The minimum atomic E-state index is -0.0693. The van der Waals surface area contributed by atoms with Gasteiger partial charge in [0.05, 0.1) is 0 Å². The molecular formula is C17H24N2O3. The Morgan fingerprint density at radius 2 is 2.09 bits per heavy atom. The van der Waals surface area contributed by atoms with Crippen molar-refractivity contribution in [2.24, 2.45) is 5.41 Å². The Kier molecular flexibility index (Phi) is 4.25. The van der Waals surface area contributed by atoms with Crippen LogP contribution >= 0.6 is 0 Å². The Hall–Kier alpha value is -1.75. The molecule has 1 aromatic rings. The van der Waals surface area contributed by atoms with Crippen molar-refractivity contribution in [1.82, 2.24) is 10.6 Å². The molecule has 0 spiro atoms. The summed E-state index contributed by atoms with van der Waals surface area (Å²) in [5, 5.41) is 6.54. The highest BCUT2D eigenvalue weighted by Crippen LogP contribution is 2.31. The molecule has 22 heavy (non-hydrogen) atoms. The maximum Gasteiger partial charge on any atom is 0.251 e. The molecule has 1 atom stereocenters. The number of nitrogens with one attached hydrogen (secondary N) is 2. The zero-order chi connectivity index (χ0) is 15.6. The predicted octanol–water partition coefficient (Wildman–Crippen LogP) is 1.97. The monoisotopic (exact) mass is 304 g/mol. The Balaban J connectivity index is 1.62. The highest BCUT2D eigenvalue weighted by atomic mass is 16.6. The van der Waals surface area contributed by atoms with Crippen LogP contribution in [0.4, 0.5) is 0 Å². The quantitative estimate of drug-likeness (QED) is 0.896. The molecule has 0 saturated carbocycles. The molecule has 1 unspecified atom stereocenters. The number of benzene rings is 1. The van der Waals surface area contributed by atoms with Crippen molar-refractivity contribution in [3.8, 4) is 11.5 Å². The molecule has 1 aromatic carbocycles. The summed E-state index contributed by atoms with van der Waals surface area (Å²) in [5.74, 6) is 1.29. The smallest absolute Gasteiger partial charge is 0.251 e. The van der Waals surface area contributed by atoms with E-state index in [-0.39, 0.29) is 11.3 Å². The van der Waals surface area contributed by atoms with Crippen LogP contribution in [0.15, 0.2) is 18.2 Å². The third kappa shape index (κ3) is 3.19. The second-order valence-electron chi connectivity index (χ2n) is 6.67. The fourth-order valence-electron chi connectivity index (χ4n) is 3.10. The first kappa shape index (κ1) is 15.2. The normalized spacial score (nSPS) is 22.9. The molecule has 1 amide bonds. The summed E-state index contributed by atoms with van der Waals surface area (Å²) in [7, 11) is 0. The minimum Gasteiger partial charge on any atom is -0.486 e. The van der Waals surface area contributed by atoms with E-state index in [1.54, 1.807) is 18.2 Å².